The third-order valence-electron chi connectivity index (χ3n) is 7.56. The molecule has 7 heteroatoms. The van der Waals surface area contributed by atoms with Crippen LogP contribution in [0.3, 0.4) is 0 Å². The summed E-state index contributed by atoms with van der Waals surface area (Å²) < 4.78 is 5.54. The van der Waals surface area contributed by atoms with Gasteiger partial charge in [-0.3, -0.25) is 9.59 Å². The first kappa shape index (κ1) is 26.8. The molecule has 35 heavy (non-hydrogen) atoms. The minimum absolute atomic E-state index is 0.00544. The second kappa shape index (κ2) is 11.3. The van der Waals surface area contributed by atoms with Crippen LogP contribution in [0.2, 0.25) is 0 Å². The summed E-state index contributed by atoms with van der Waals surface area (Å²) in [5.41, 5.74) is 1.76. The van der Waals surface area contributed by atoms with Gasteiger partial charge in [-0.15, -0.1) is 0 Å². The van der Waals surface area contributed by atoms with Crippen LogP contribution in [0.25, 0.3) is 0 Å². The molecule has 2 fully saturated rings. The average Bonchev–Trinajstić information content (AvgIpc) is 2.93. The topological polar surface area (TPSA) is 74.2 Å². The number of amides is 1. The number of hydrogen-bond acceptors (Lipinski definition) is 5. The van der Waals surface area contributed by atoms with E-state index in [0.29, 0.717) is 23.9 Å². The smallest absolute Gasteiger partial charge is 0.234 e. The third-order valence-corrected chi connectivity index (χ3v) is 7.56. The predicted molar refractivity (Wildman–Crippen MR) is 142 cm³/mol. The Bertz CT molecular complexity index is 996. The van der Waals surface area contributed by atoms with Crippen LogP contribution in [0.15, 0.2) is 35.0 Å². The minimum Gasteiger partial charge on any atom is -0.495 e. The summed E-state index contributed by atoms with van der Waals surface area (Å²) in [5, 5.41) is 3.44. The molecule has 2 atom stereocenters. The first-order chi connectivity index (χ1) is 16.6. The molecule has 0 radical (unpaired) electrons. The molecule has 2 aliphatic rings. The maximum absolute atomic E-state index is 13.5. The van der Waals surface area contributed by atoms with E-state index < -0.39 is 5.41 Å². The fourth-order valence-corrected chi connectivity index (χ4v) is 5.22. The van der Waals surface area contributed by atoms with Crippen molar-refractivity contribution in [2.75, 3.05) is 26.0 Å². The SMILES string of the molecule is CC=C1C(=NC(C)Nc2ccc(C(C)=O)cc2OC)N(C2CCCCC2)C[C@](C)(CC)C(=O)N1C. The number of Topliss-reactive ketones (excluding diaryl/α,β-unsaturated/α-hetero) is 1. The van der Waals surface area contributed by atoms with Crippen molar-refractivity contribution in [1.82, 2.24) is 9.80 Å². The van der Waals surface area contributed by atoms with Gasteiger partial charge in [-0.25, -0.2) is 4.99 Å². The molecule has 1 aromatic carbocycles. The second-order valence-electron chi connectivity index (χ2n) is 10.1. The monoisotopic (exact) mass is 482 g/mol. The van der Waals surface area contributed by atoms with Crippen molar-refractivity contribution in [3.8, 4) is 5.75 Å². The highest BCUT2D eigenvalue weighted by atomic mass is 16.5. The van der Waals surface area contributed by atoms with Gasteiger partial charge >= 0.3 is 0 Å². The lowest BCUT2D eigenvalue weighted by Crippen LogP contribution is -2.47. The molecule has 1 N–H and O–H groups in total. The van der Waals surface area contributed by atoms with E-state index >= 15 is 0 Å². The lowest BCUT2D eigenvalue weighted by molar-refractivity contribution is -0.138. The Morgan fingerprint density at radius 2 is 2.00 bits per heavy atom. The first-order valence-electron chi connectivity index (χ1n) is 12.9. The van der Waals surface area contributed by atoms with Gasteiger partial charge in [0.25, 0.3) is 0 Å². The summed E-state index contributed by atoms with van der Waals surface area (Å²) in [5.74, 6) is 1.61. The molecule has 3 rings (SSSR count). The number of rotatable bonds is 7. The van der Waals surface area contributed by atoms with Crippen molar-refractivity contribution in [1.29, 1.82) is 0 Å². The zero-order chi connectivity index (χ0) is 25.8. The Morgan fingerprint density at radius 3 is 2.57 bits per heavy atom. The van der Waals surface area contributed by atoms with Gasteiger partial charge in [0.15, 0.2) is 5.78 Å². The molecule has 1 unspecified atom stereocenters. The predicted octanol–water partition coefficient (Wildman–Crippen LogP) is 5.48. The molecule has 1 amide bonds. The first-order valence-corrected chi connectivity index (χ1v) is 12.9. The van der Waals surface area contributed by atoms with Gasteiger partial charge in [-0.05, 0) is 65.2 Å². The van der Waals surface area contributed by atoms with Crippen LogP contribution in [0, 0.1) is 5.41 Å². The Balaban J connectivity index is 2.02. The number of hydrogen-bond donors (Lipinski definition) is 1. The Kier molecular flexibility index (Phi) is 8.62. The van der Waals surface area contributed by atoms with Crippen LogP contribution in [0.1, 0.15) is 83.5 Å². The number of anilines is 1. The number of ether oxygens (including phenoxy) is 1. The highest BCUT2D eigenvalue weighted by molar-refractivity contribution is 6.04. The van der Waals surface area contributed by atoms with Crippen LogP contribution in [0.5, 0.6) is 5.75 Å². The summed E-state index contributed by atoms with van der Waals surface area (Å²) >= 11 is 0. The van der Waals surface area contributed by atoms with E-state index in [4.69, 9.17) is 9.73 Å². The van der Waals surface area contributed by atoms with E-state index in [-0.39, 0.29) is 17.9 Å². The molecule has 1 heterocycles. The van der Waals surface area contributed by atoms with E-state index in [0.717, 1.165) is 36.5 Å². The number of nitrogens with one attached hydrogen (secondary N) is 1. The highest BCUT2D eigenvalue weighted by Gasteiger charge is 2.44. The Hall–Kier alpha value is -2.83. The lowest BCUT2D eigenvalue weighted by atomic mass is 9.84. The summed E-state index contributed by atoms with van der Waals surface area (Å²) in [6, 6.07) is 5.78. The van der Waals surface area contributed by atoms with Crippen LogP contribution in [-0.2, 0) is 4.79 Å². The van der Waals surface area contributed by atoms with Gasteiger partial charge in [0.05, 0.1) is 23.9 Å². The van der Waals surface area contributed by atoms with Gasteiger partial charge in [-0.1, -0.05) is 32.3 Å². The Labute approximate surface area is 210 Å². The largest absolute Gasteiger partial charge is 0.495 e. The van der Waals surface area contributed by atoms with E-state index in [1.807, 2.05) is 33.0 Å². The van der Waals surface area contributed by atoms with E-state index in [1.54, 1.807) is 31.1 Å². The quantitative estimate of drug-likeness (QED) is 0.521. The number of ketones is 1. The summed E-state index contributed by atoms with van der Waals surface area (Å²) in [4.78, 5) is 34.7. The maximum Gasteiger partial charge on any atom is 0.234 e. The number of nitrogens with zero attached hydrogens (tertiary/aromatic N) is 3. The van der Waals surface area contributed by atoms with Crippen molar-refractivity contribution in [3.05, 3.63) is 35.5 Å². The molecule has 7 nitrogen and oxygen atoms in total. The normalized spacial score (nSPS) is 25.1. The van der Waals surface area contributed by atoms with Crippen molar-refractivity contribution < 1.29 is 14.3 Å². The van der Waals surface area contributed by atoms with E-state index in [1.165, 1.54) is 19.3 Å². The second-order valence-corrected chi connectivity index (χ2v) is 10.1. The molecule has 1 aliphatic carbocycles. The lowest BCUT2D eigenvalue weighted by Gasteiger charge is -2.39. The fraction of sp³-hybridized carbons (Fsp3) is 0.607. The molecular formula is C28H42N4O3. The van der Waals surface area contributed by atoms with Gasteiger partial charge in [-0.2, -0.15) is 0 Å². The van der Waals surface area contributed by atoms with E-state index in [9.17, 15) is 9.59 Å². The number of carbonyl (C=O) groups excluding carboxylic acids is 2. The number of benzene rings is 1. The van der Waals surface area contributed by atoms with Gasteiger partial charge in [0, 0.05) is 25.2 Å². The fourth-order valence-electron chi connectivity index (χ4n) is 5.22. The highest BCUT2D eigenvalue weighted by Crippen LogP contribution is 2.36. The third kappa shape index (κ3) is 5.71. The van der Waals surface area contributed by atoms with Gasteiger partial charge in [0.2, 0.25) is 5.91 Å². The van der Waals surface area contributed by atoms with Crippen LogP contribution >= 0.6 is 0 Å². The molecule has 0 spiro atoms. The zero-order valence-corrected chi connectivity index (χ0v) is 22.5. The standard InChI is InChI=1S/C28H42N4O3/c1-8-24-26(30-20(4)29-23-16-15-21(19(3)33)17-25(23)35-7)32(22-13-11-10-12-14-22)18-28(5,9-2)27(34)31(24)6/h8,15-17,20,22,29H,9-14,18H2,1-7H3/t20?,28-/m0/s1. The summed E-state index contributed by atoms with van der Waals surface area (Å²) in [6.07, 6.45) is 8.42. The van der Waals surface area contributed by atoms with Crippen molar-refractivity contribution in [2.24, 2.45) is 10.4 Å². The average molecular weight is 483 g/mol. The number of amidine groups is 1. The molecule has 1 aromatic rings. The molecule has 1 saturated carbocycles. The molecular weight excluding hydrogens is 440 g/mol. The minimum atomic E-state index is -0.472. The number of aliphatic imine (C=N–C) groups is 1. The van der Waals surface area contributed by atoms with Gasteiger partial charge in [0.1, 0.15) is 17.8 Å². The Morgan fingerprint density at radius 1 is 1.31 bits per heavy atom. The van der Waals surface area contributed by atoms with Crippen molar-refractivity contribution in [3.63, 3.8) is 0 Å². The number of carbonyl (C=O) groups is 2. The van der Waals surface area contributed by atoms with E-state index in [2.05, 4.69) is 24.1 Å². The molecule has 192 valence electrons. The number of likely N-dealkylation sites (N-methyl/N-ethyl adjacent to an activating group) is 1. The van der Waals surface area contributed by atoms with Gasteiger partial charge < -0.3 is 19.9 Å². The number of allylic oxidation sites excluding steroid dienone is 1. The van der Waals surface area contributed by atoms with Crippen molar-refractivity contribution in [2.45, 2.75) is 85.4 Å². The number of methoxy groups -OCH3 is 1. The summed E-state index contributed by atoms with van der Waals surface area (Å²) in [7, 11) is 3.47. The zero-order valence-electron chi connectivity index (χ0n) is 22.5. The summed E-state index contributed by atoms with van der Waals surface area (Å²) in [6.45, 7) is 10.4. The van der Waals surface area contributed by atoms with Crippen LogP contribution in [0.4, 0.5) is 5.69 Å². The van der Waals surface area contributed by atoms with Crippen molar-refractivity contribution >= 4 is 23.2 Å². The maximum atomic E-state index is 13.5. The van der Waals surface area contributed by atoms with Crippen LogP contribution in [-0.4, -0.2) is 60.2 Å². The van der Waals surface area contributed by atoms with Crippen LogP contribution < -0.4 is 10.1 Å². The molecule has 0 bridgehead atoms. The molecule has 1 aliphatic heterocycles. The molecule has 1 saturated heterocycles. The molecule has 0 aromatic heterocycles.